The van der Waals surface area contributed by atoms with Gasteiger partial charge < -0.3 is 14.8 Å². The number of hydrogen-bond acceptors (Lipinski definition) is 3. The van der Waals surface area contributed by atoms with E-state index in [4.69, 9.17) is 4.74 Å². The van der Waals surface area contributed by atoms with E-state index in [9.17, 15) is 5.11 Å². The topological polar surface area (TPSA) is 57.3 Å². The number of aliphatic hydroxyl groups is 1. The molecule has 1 unspecified atom stereocenters. The second kappa shape index (κ2) is 6.28. The number of aromatic amines is 1. The normalized spacial score (nSPS) is 34.9. The maximum atomic E-state index is 10.3. The molecule has 0 aliphatic heterocycles. The second-order valence-corrected chi connectivity index (χ2v) is 9.27. The highest BCUT2D eigenvalue weighted by atomic mass is 16.5. The van der Waals surface area contributed by atoms with Gasteiger partial charge in [-0.1, -0.05) is 6.07 Å². The van der Waals surface area contributed by atoms with E-state index >= 15 is 0 Å². The average Bonchev–Trinajstić information content (AvgIpc) is 3.06. The first-order valence-electron chi connectivity index (χ1n) is 10.2. The van der Waals surface area contributed by atoms with Gasteiger partial charge in [0.1, 0.15) is 11.9 Å². The lowest BCUT2D eigenvalue weighted by molar-refractivity contribution is -0.0629. The first-order chi connectivity index (χ1) is 12.6. The summed E-state index contributed by atoms with van der Waals surface area (Å²) in [5.41, 5.74) is 1.50. The molecule has 4 heteroatoms. The highest BCUT2D eigenvalue weighted by Crippen LogP contribution is 2.59. The van der Waals surface area contributed by atoms with Crippen LogP contribution >= 0.6 is 0 Å². The summed E-state index contributed by atoms with van der Waals surface area (Å²) in [5, 5.41) is 15.0. The highest BCUT2D eigenvalue weighted by Gasteiger charge is 2.50. The molecule has 0 radical (unpaired) electrons. The SMILES string of the molecule is C[C@H](O)C(NCC12CC3CC(CC(C3)C1)C2)Oc1cccc2[nH]ccc12. The van der Waals surface area contributed by atoms with Crippen LogP contribution in [0.25, 0.3) is 10.9 Å². The summed E-state index contributed by atoms with van der Waals surface area (Å²) in [5.74, 6) is 3.67. The lowest BCUT2D eigenvalue weighted by Crippen LogP contribution is -2.54. The Morgan fingerprint density at radius 3 is 2.50 bits per heavy atom. The predicted molar refractivity (Wildman–Crippen MR) is 103 cm³/mol. The Bertz CT molecular complexity index is 746. The molecular formula is C22H30N2O2. The quantitative estimate of drug-likeness (QED) is 0.686. The van der Waals surface area contributed by atoms with Gasteiger partial charge in [-0.15, -0.1) is 0 Å². The summed E-state index contributed by atoms with van der Waals surface area (Å²) in [4.78, 5) is 3.22. The molecule has 4 fully saturated rings. The van der Waals surface area contributed by atoms with E-state index in [0.29, 0.717) is 5.41 Å². The largest absolute Gasteiger partial charge is 0.472 e. The van der Waals surface area contributed by atoms with Gasteiger partial charge in [-0.3, -0.25) is 5.32 Å². The number of H-pyrrole nitrogens is 1. The first kappa shape index (κ1) is 16.6. The van der Waals surface area contributed by atoms with Crippen LogP contribution in [0.2, 0.25) is 0 Å². The fourth-order valence-corrected chi connectivity index (χ4v) is 6.43. The zero-order chi connectivity index (χ0) is 17.7. The van der Waals surface area contributed by atoms with Crippen molar-refractivity contribution < 1.29 is 9.84 Å². The van der Waals surface area contributed by atoms with Crippen molar-refractivity contribution in [1.29, 1.82) is 0 Å². The van der Waals surface area contributed by atoms with Gasteiger partial charge in [-0.05, 0) is 86.8 Å². The van der Waals surface area contributed by atoms with Crippen LogP contribution in [0.3, 0.4) is 0 Å². The Kier molecular flexibility index (Phi) is 4.02. The minimum Gasteiger partial charge on any atom is -0.472 e. The molecule has 26 heavy (non-hydrogen) atoms. The van der Waals surface area contributed by atoms with Crippen LogP contribution in [0.4, 0.5) is 0 Å². The minimum absolute atomic E-state index is 0.372. The summed E-state index contributed by atoms with van der Waals surface area (Å²) < 4.78 is 6.23. The molecule has 4 bridgehead atoms. The van der Waals surface area contributed by atoms with Crippen LogP contribution in [0.15, 0.2) is 30.5 Å². The van der Waals surface area contributed by atoms with Crippen molar-refractivity contribution in [3.8, 4) is 5.75 Å². The summed E-state index contributed by atoms with van der Waals surface area (Å²) in [6.07, 6.45) is 9.49. The number of ether oxygens (including phenoxy) is 1. The van der Waals surface area contributed by atoms with Crippen molar-refractivity contribution in [3.63, 3.8) is 0 Å². The molecule has 3 N–H and O–H groups in total. The Balaban J connectivity index is 1.30. The van der Waals surface area contributed by atoms with E-state index in [1.807, 2.05) is 37.4 Å². The lowest BCUT2D eigenvalue weighted by atomic mass is 9.49. The van der Waals surface area contributed by atoms with Gasteiger partial charge >= 0.3 is 0 Å². The number of rotatable bonds is 6. The lowest BCUT2D eigenvalue weighted by Gasteiger charge is -2.57. The highest BCUT2D eigenvalue weighted by molar-refractivity contribution is 5.85. The standard InChI is InChI=1S/C22H30N2O2/c1-14(25)21(26-20-4-2-3-19-18(20)5-6-23-19)24-13-22-10-15-7-16(11-22)9-17(8-15)12-22/h2-6,14-17,21,23-25H,7-13H2,1H3/t14-,15?,16?,17?,21?,22?/m0/s1. The molecule has 4 saturated carbocycles. The fraction of sp³-hybridized carbons (Fsp3) is 0.636. The summed E-state index contributed by atoms with van der Waals surface area (Å²) in [7, 11) is 0. The minimum atomic E-state index is -0.557. The molecule has 4 nitrogen and oxygen atoms in total. The van der Waals surface area contributed by atoms with Crippen molar-refractivity contribution >= 4 is 10.9 Å². The molecule has 1 aromatic carbocycles. The number of aliphatic hydroxyl groups excluding tert-OH is 1. The first-order valence-corrected chi connectivity index (χ1v) is 10.2. The van der Waals surface area contributed by atoms with Crippen molar-refractivity contribution in [2.24, 2.45) is 23.2 Å². The van der Waals surface area contributed by atoms with Crippen molar-refractivity contribution in [2.45, 2.75) is 57.8 Å². The van der Waals surface area contributed by atoms with Crippen LogP contribution in [0.1, 0.15) is 45.4 Å². The maximum Gasteiger partial charge on any atom is 0.176 e. The van der Waals surface area contributed by atoms with Crippen LogP contribution in [-0.2, 0) is 0 Å². The number of hydrogen-bond donors (Lipinski definition) is 3. The van der Waals surface area contributed by atoms with Gasteiger partial charge in [0, 0.05) is 23.6 Å². The zero-order valence-electron chi connectivity index (χ0n) is 15.6. The van der Waals surface area contributed by atoms with Gasteiger partial charge in [0.25, 0.3) is 0 Å². The van der Waals surface area contributed by atoms with Crippen LogP contribution < -0.4 is 10.1 Å². The monoisotopic (exact) mass is 354 g/mol. The molecule has 4 aliphatic rings. The maximum absolute atomic E-state index is 10.3. The Hall–Kier alpha value is -1.52. The summed E-state index contributed by atoms with van der Waals surface area (Å²) in [6.45, 7) is 2.78. The Morgan fingerprint density at radius 2 is 1.85 bits per heavy atom. The van der Waals surface area contributed by atoms with E-state index < -0.39 is 6.10 Å². The predicted octanol–water partition coefficient (Wildman–Crippen LogP) is 4.06. The molecule has 140 valence electrons. The van der Waals surface area contributed by atoms with E-state index in [2.05, 4.69) is 10.3 Å². The van der Waals surface area contributed by atoms with Crippen LogP contribution in [-0.4, -0.2) is 29.0 Å². The smallest absolute Gasteiger partial charge is 0.176 e. The third-order valence-corrected chi connectivity index (χ3v) is 7.09. The van der Waals surface area contributed by atoms with Gasteiger partial charge in [0.15, 0.2) is 6.23 Å². The zero-order valence-corrected chi connectivity index (χ0v) is 15.6. The molecule has 0 amide bonds. The number of aromatic nitrogens is 1. The van der Waals surface area contributed by atoms with E-state index in [-0.39, 0.29) is 6.23 Å². The van der Waals surface area contributed by atoms with E-state index in [1.54, 1.807) is 0 Å². The number of benzene rings is 1. The average molecular weight is 354 g/mol. The molecule has 1 aromatic heterocycles. The molecule has 1 heterocycles. The summed E-state index contributed by atoms with van der Waals surface area (Å²) in [6, 6.07) is 8.05. The van der Waals surface area contributed by atoms with Crippen molar-refractivity contribution in [2.75, 3.05) is 6.54 Å². The van der Waals surface area contributed by atoms with Gasteiger partial charge in [-0.2, -0.15) is 0 Å². The Labute approximate surface area is 155 Å². The third kappa shape index (κ3) is 2.93. The third-order valence-electron chi connectivity index (χ3n) is 7.09. The second-order valence-electron chi connectivity index (χ2n) is 9.27. The molecule has 4 aliphatic carbocycles. The van der Waals surface area contributed by atoms with E-state index in [1.165, 1.54) is 38.5 Å². The number of nitrogens with one attached hydrogen (secondary N) is 2. The van der Waals surface area contributed by atoms with Crippen molar-refractivity contribution in [3.05, 3.63) is 30.5 Å². The van der Waals surface area contributed by atoms with Crippen molar-refractivity contribution in [1.82, 2.24) is 10.3 Å². The van der Waals surface area contributed by atoms with Crippen LogP contribution in [0, 0.1) is 23.2 Å². The van der Waals surface area contributed by atoms with Gasteiger partial charge in [0.05, 0.1) is 0 Å². The molecule has 0 saturated heterocycles. The fourth-order valence-electron chi connectivity index (χ4n) is 6.43. The van der Waals surface area contributed by atoms with Crippen LogP contribution in [0.5, 0.6) is 5.75 Å². The molecule has 2 aromatic rings. The molecule has 6 rings (SSSR count). The Morgan fingerprint density at radius 1 is 1.15 bits per heavy atom. The van der Waals surface area contributed by atoms with E-state index in [0.717, 1.165) is 41.0 Å². The number of fused-ring (bicyclic) bond motifs is 1. The molecular weight excluding hydrogens is 324 g/mol. The summed E-state index contributed by atoms with van der Waals surface area (Å²) >= 11 is 0. The molecule has 2 atom stereocenters. The van der Waals surface area contributed by atoms with Gasteiger partial charge in [0.2, 0.25) is 0 Å². The van der Waals surface area contributed by atoms with Gasteiger partial charge in [-0.25, -0.2) is 0 Å². The molecule has 0 spiro atoms.